The zero-order valence-corrected chi connectivity index (χ0v) is 12.0. The van der Waals surface area contributed by atoms with Crippen LogP contribution >= 0.6 is 11.8 Å². The minimum atomic E-state index is 0.221. The fourth-order valence-corrected chi connectivity index (χ4v) is 3.99. The number of aryl methyl sites for hydroxylation is 1. The molecule has 2 atom stereocenters. The molecule has 0 aliphatic carbocycles. The average molecular weight is 269 g/mol. The summed E-state index contributed by atoms with van der Waals surface area (Å²) in [5, 5.41) is 0.511. The van der Waals surface area contributed by atoms with Gasteiger partial charge in [0.2, 0.25) is 0 Å². The Bertz CT molecular complexity index is 554. The second-order valence-corrected chi connectivity index (χ2v) is 6.54. The molecule has 0 saturated heterocycles. The highest BCUT2D eigenvalue weighted by Crippen LogP contribution is 2.38. The molecule has 1 aliphatic rings. The van der Waals surface area contributed by atoms with Crippen LogP contribution in [0.3, 0.4) is 0 Å². The zero-order valence-electron chi connectivity index (χ0n) is 11.2. The monoisotopic (exact) mass is 269 g/mol. The summed E-state index contributed by atoms with van der Waals surface area (Å²) < 4.78 is 0. The van der Waals surface area contributed by atoms with Gasteiger partial charge in [-0.25, -0.2) is 0 Å². The molecule has 0 radical (unpaired) electrons. The van der Waals surface area contributed by atoms with E-state index in [-0.39, 0.29) is 6.04 Å². The highest BCUT2D eigenvalue weighted by molar-refractivity contribution is 8.00. The van der Waals surface area contributed by atoms with E-state index in [0.29, 0.717) is 5.25 Å². The summed E-state index contributed by atoms with van der Waals surface area (Å²) in [6.45, 7) is 2.17. The van der Waals surface area contributed by atoms with E-state index in [9.17, 15) is 0 Å². The molecular formula is C17H19NS. The third-order valence-corrected chi connectivity index (χ3v) is 5.34. The van der Waals surface area contributed by atoms with Gasteiger partial charge in [-0.15, -0.1) is 11.8 Å². The third-order valence-electron chi connectivity index (χ3n) is 3.87. The van der Waals surface area contributed by atoms with E-state index in [0.717, 1.165) is 12.8 Å². The number of hydrogen-bond donors (Lipinski definition) is 1. The Labute approximate surface area is 119 Å². The van der Waals surface area contributed by atoms with E-state index in [4.69, 9.17) is 5.73 Å². The van der Waals surface area contributed by atoms with Gasteiger partial charge in [0, 0.05) is 16.2 Å². The largest absolute Gasteiger partial charge is 0.326 e. The lowest BCUT2D eigenvalue weighted by Crippen LogP contribution is -2.34. The van der Waals surface area contributed by atoms with Gasteiger partial charge < -0.3 is 5.73 Å². The van der Waals surface area contributed by atoms with Gasteiger partial charge >= 0.3 is 0 Å². The fraction of sp³-hybridized carbons (Fsp3) is 0.294. The number of rotatable bonds is 3. The fourth-order valence-electron chi connectivity index (χ4n) is 2.67. The summed E-state index contributed by atoms with van der Waals surface area (Å²) in [5.74, 6) is 0. The van der Waals surface area contributed by atoms with Gasteiger partial charge in [-0.3, -0.25) is 0 Å². The first-order valence-corrected chi connectivity index (χ1v) is 7.66. The van der Waals surface area contributed by atoms with Crippen molar-refractivity contribution in [3.63, 3.8) is 0 Å². The van der Waals surface area contributed by atoms with Crippen LogP contribution in [0, 0.1) is 6.92 Å². The second kappa shape index (κ2) is 5.40. The Morgan fingerprint density at radius 1 is 1.16 bits per heavy atom. The first-order valence-electron chi connectivity index (χ1n) is 6.78. The van der Waals surface area contributed by atoms with Gasteiger partial charge in [0.1, 0.15) is 0 Å². The topological polar surface area (TPSA) is 26.0 Å². The van der Waals surface area contributed by atoms with Crippen LogP contribution in [0.2, 0.25) is 0 Å². The molecule has 1 aliphatic heterocycles. The van der Waals surface area contributed by atoms with Crippen molar-refractivity contribution in [3.8, 4) is 0 Å². The van der Waals surface area contributed by atoms with Crippen LogP contribution in [0.1, 0.15) is 16.7 Å². The van der Waals surface area contributed by atoms with Crippen molar-refractivity contribution < 1.29 is 0 Å². The number of thioether (sulfide) groups is 1. The normalized spacial score (nSPS) is 19.2. The first kappa shape index (κ1) is 12.8. The summed E-state index contributed by atoms with van der Waals surface area (Å²) in [4.78, 5) is 1.41. The lowest BCUT2D eigenvalue weighted by atomic mass is 9.97. The molecule has 2 unspecified atom stereocenters. The number of hydrogen-bond acceptors (Lipinski definition) is 2. The van der Waals surface area contributed by atoms with E-state index in [1.807, 2.05) is 11.8 Å². The SMILES string of the molecule is Cc1ccccc1CC(N)C1Cc2ccccc2S1. The van der Waals surface area contributed by atoms with Crippen molar-refractivity contribution in [1.29, 1.82) is 0 Å². The Morgan fingerprint density at radius 2 is 1.89 bits per heavy atom. The molecular weight excluding hydrogens is 250 g/mol. The first-order chi connectivity index (χ1) is 9.24. The van der Waals surface area contributed by atoms with Crippen LogP contribution < -0.4 is 5.73 Å². The molecule has 3 rings (SSSR count). The Morgan fingerprint density at radius 3 is 2.68 bits per heavy atom. The molecule has 0 bridgehead atoms. The second-order valence-electron chi connectivity index (χ2n) is 5.26. The summed E-state index contributed by atoms with van der Waals surface area (Å²) in [5.41, 5.74) is 10.6. The number of benzene rings is 2. The minimum absolute atomic E-state index is 0.221. The third kappa shape index (κ3) is 2.70. The molecule has 2 aromatic rings. The maximum atomic E-state index is 6.44. The smallest absolute Gasteiger partial charge is 0.0290 e. The van der Waals surface area contributed by atoms with Crippen molar-refractivity contribution in [2.75, 3.05) is 0 Å². The molecule has 1 nitrogen and oxygen atoms in total. The molecule has 0 aromatic heterocycles. The average Bonchev–Trinajstić information content (AvgIpc) is 2.85. The van der Waals surface area contributed by atoms with Crippen molar-refractivity contribution in [2.24, 2.45) is 5.73 Å². The van der Waals surface area contributed by atoms with E-state index >= 15 is 0 Å². The summed E-state index contributed by atoms with van der Waals surface area (Å²) >= 11 is 1.94. The van der Waals surface area contributed by atoms with Crippen LogP contribution in [0.25, 0.3) is 0 Å². The minimum Gasteiger partial charge on any atom is -0.326 e. The van der Waals surface area contributed by atoms with Gasteiger partial charge in [0.25, 0.3) is 0 Å². The maximum absolute atomic E-state index is 6.44. The molecule has 98 valence electrons. The van der Waals surface area contributed by atoms with Crippen LogP contribution in [0.4, 0.5) is 0 Å². The van der Waals surface area contributed by atoms with Crippen LogP contribution in [-0.2, 0) is 12.8 Å². The molecule has 0 spiro atoms. The van der Waals surface area contributed by atoms with E-state index < -0.39 is 0 Å². The van der Waals surface area contributed by atoms with Crippen molar-refractivity contribution >= 4 is 11.8 Å². The number of nitrogens with two attached hydrogens (primary N) is 1. The van der Waals surface area contributed by atoms with Crippen molar-refractivity contribution in [1.82, 2.24) is 0 Å². The molecule has 2 N–H and O–H groups in total. The standard InChI is InChI=1S/C17H19NS/c1-12-6-2-3-7-13(12)10-15(18)17-11-14-8-4-5-9-16(14)19-17/h2-9,15,17H,10-11,18H2,1H3. The van der Waals surface area contributed by atoms with Crippen LogP contribution in [0.5, 0.6) is 0 Å². The Hall–Kier alpha value is -1.25. The Kier molecular flexibility index (Phi) is 3.63. The lowest BCUT2D eigenvalue weighted by molar-refractivity contribution is 0.631. The van der Waals surface area contributed by atoms with Crippen molar-refractivity contribution in [2.45, 2.75) is 36.0 Å². The van der Waals surface area contributed by atoms with Gasteiger partial charge in [-0.05, 0) is 42.5 Å². The van der Waals surface area contributed by atoms with Gasteiger partial charge in [-0.2, -0.15) is 0 Å². The molecule has 0 amide bonds. The van der Waals surface area contributed by atoms with E-state index in [2.05, 4.69) is 55.5 Å². The van der Waals surface area contributed by atoms with Crippen molar-refractivity contribution in [3.05, 3.63) is 65.2 Å². The van der Waals surface area contributed by atoms with E-state index in [1.165, 1.54) is 21.6 Å². The number of fused-ring (bicyclic) bond motifs is 1. The summed E-state index contributed by atoms with van der Waals surface area (Å²) in [6.07, 6.45) is 2.08. The highest BCUT2D eigenvalue weighted by atomic mass is 32.2. The molecule has 0 saturated carbocycles. The highest BCUT2D eigenvalue weighted by Gasteiger charge is 2.27. The predicted octanol–water partition coefficient (Wildman–Crippen LogP) is 3.58. The molecule has 2 aromatic carbocycles. The zero-order chi connectivity index (χ0) is 13.2. The molecule has 2 heteroatoms. The van der Waals surface area contributed by atoms with Gasteiger partial charge in [0.15, 0.2) is 0 Å². The predicted molar refractivity (Wildman–Crippen MR) is 82.6 cm³/mol. The lowest BCUT2D eigenvalue weighted by Gasteiger charge is -2.19. The summed E-state index contributed by atoms with van der Waals surface area (Å²) in [7, 11) is 0. The quantitative estimate of drug-likeness (QED) is 0.921. The van der Waals surface area contributed by atoms with Crippen LogP contribution in [-0.4, -0.2) is 11.3 Å². The summed E-state index contributed by atoms with van der Waals surface area (Å²) in [6, 6.07) is 17.4. The molecule has 0 fully saturated rings. The Balaban J connectivity index is 1.70. The molecule has 1 heterocycles. The van der Waals surface area contributed by atoms with Crippen LogP contribution in [0.15, 0.2) is 53.4 Å². The van der Waals surface area contributed by atoms with Gasteiger partial charge in [0.05, 0.1) is 0 Å². The van der Waals surface area contributed by atoms with Gasteiger partial charge in [-0.1, -0.05) is 42.5 Å². The molecule has 19 heavy (non-hydrogen) atoms. The maximum Gasteiger partial charge on any atom is 0.0290 e. The van der Waals surface area contributed by atoms with E-state index in [1.54, 1.807) is 0 Å².